The Labute approximate surface area is 160 Å². The monoisotopic (exact) mass is 365 g/mol. The van der Waals surface area contributed by atoms with Gasteiger partial charge in [-0.15, -0.1) is 0 Å². The van der Waals surface area contributed by atoms with Gasteiger partial charge in [-0.2, -0.15) is 5.26 Å². The highest BCUT2D eigenvalue weighted by Gasteiger charge is 2.54. The summed E-state index contributed by atoms with van der Waals surface area (Å²) in [7, 11) is 0. The molecule has 5 nitrogen and oxygen atoms in total. The summed E-state index contributed by atoms with van der Waals surface area (Å²) in [6, 6.07) is 8.78. The first-order valence-electron chi connectivity index (χ1n) is 10.0. The number of hydrogen-bond donors (Lipinski definition) is 2. The molecule has 142 valence electrons. The van der Waals surface area contributed by atoms with Crippen LogP contribution in [0.25, 0.3) is 0 Å². The highest BCUT2D eigenvalue weighted by atomic mass is 16.2. The summed E-state index contributed by atoms with van der Waals surface area (Å²) in [5.41, 5.74) is 1.36. The van der Waals surface area contributed by atoms with Crippen molar-refractivity contribution in [2.24, 2.45) is 23.2 Å². The number of nitrogens with zero attached hydrogens (tertiary/aromatic N) is 1. The van der Waals surface area contributed by atoms with Crippen LogP contribution in [0.15, 0.2) is 24.3 Å². The third kappa shape index (κ3) is 3.58. The Balaban J connectivity index is 1.35. The SMILES string of the molecule is C[C@H](NC(=O)C12CC3CC(CC(C3)C1)C2)C(=O)Nc1ccc(CC#N)cc1. The number of nitrogens with one attached hydrogen (secondary N) is 2. The van der Waals surface area contributed by atoms with Crippen LogP contribution in [0.1, 0.15) is 51.0 Å². The van der Waals surface area contributed by atoms with Crippen LogP contribution in [0.2, 0.25) is 0 Å². The van der Waals surface area contributed by atoms with Gasteiger partial charge in [0.2, 0.25) is 11.8 Å². The first-order valence-corrected chi connectivity index (χ1v) is 10.0. The van der Waals surface area contributed by atoms with Gasteiger partial charge in [0.1, 0.15) is 6.04 Å². The van der Waals surface area contributed by atoms with Crippen molar-refractivity contribution in [3.05, 3.63) is 29.8 Å². The summed E-state index contributed by atoms with van der Waals surface area (Å²) < 4.78 is 0. The minimum atomic E-state index is -0.565. The Bertz CT molecular complexity index is 742. The maximum Gasteiger partial charge on any atom is 0.246 e. The van der Waals surface area contributed by atoms with Crippen LogP contribution in [0.5, 0.6) is 0 Å². The number of benzene rings is 1. The first kappa shape index (κ1) is 18.0. The van der Waals surface area contributed by atoms with Crippen LogP contribution in [0.3, 0.4) is 0 Å². The van der Waals surface area contributed by atoms with Gasteiger partial charge in [0.25, 0.3) is 0 Å². The number of amides is 2. The van der Waals surface area contributed by atoms with Crippen LogP contribution in [-0.4, -0.2) is 17.9 Å². The Kier molecular flexibility index (Phi) is 4.67. The van der Waals surface area contributed by atoms with E-state index >= 15 is 0 Å². The molecule has 2 amide bonds. The molecule has 0 spiro atoms. The van der Waals surface area contributed by atoms with Gasteiger partial charge in [0.15, 0.2) is 0 Å². The molecule has 1 aromatic rings. The molecule has 1 atom stereocenters. The van der Waals surface area contributed by atoms with Gasteiger partial charge in [-0.3, -0.25) is 9.59 Å². The van der Waals surface area contributed by atoms with Gasteiger partial charge in [-0.1, -0.05) is 12.1 Å². The van der Waals surface area contributed by atoms with Gasteiger partial charge < -0.3 is 10.6 Å². The van der Waals surface area contributed by atoms with Gasteiger partial charge in [-0.05, 0) is 80.9 Å². The second kappa shape index (κ2) is 6.99. The minimum absolute atomic E-state index is 0.0774. The summed E-state index contributed by atoms with van der Waals surface area (Å²) in [5.74, 6) is 1.99. The molecule has 4 fully saturated rings. The van der Waals surface area contributed by atoms with Crippen LogP contribution < -0.4 is 10.6 Å². The molecule has 0 aliphatic heterocycles. The quantitative estimate of drug-likeness (QED) is 0.839. The van der Waals surface area contributed by atoms with Gasteiger partial charge in [-0.25, -0.2) is 0 Å². The van der Waals surface area contributed by atoms with E-state index in [1.54, 1.807) is 19.1 Å². The van der Waals surface area contributed by atoms with Crippen molar-refractivity contribution in [3.8, 4) is 6.07 Å². The first-order chi connectivity index (χ1) is 13.0. The fourth-order valence-electron chi connectivity index (χ4n) is 5.85. The molecule has 0 radical (unpaired) electrons. The van der Waals surface area contributed by atoms with E-state index < -0.39 is 6.04 Å². The maximum absolute atomic E-state index is 13.1. The topological polar surface area (TPSA) is 82.0 Å². The minimum Gasteiger partial charge on any atom is -0.344 e. The van der Waals surface area contributed by atoms with Crippen molar-refractivity contribution in [3.63, 3.8) is 0 Å². The summed E-state index contributed by atoms with van der Waals surface area (Å²) >= 11 is 0. The zero-order valence-electron chi connectivity index (χ0n) is 15.8. The van der Waals surface area contributed by atoms with Crippen molar-refractivity contribution in [1.82, 2.24) is 5.32 Å². The van der Waals surface area contributed by atoms with Crippen molar-refractivity contribution in [1.29, 1.82) is 5.26 Å². The van der Waals surface area contributed by atoms with Gasteiger partial charge >= 0.3 is 0 Å². The van der Waals surface area contributed by atoms with Gasteiger partial charge in [0.05, 0.1) is 12.5 Å². The molecule has 2 N–H and O–H groups in total. The maximum atomic E-state index is 13.1. The normalized spacial score (nSPS) is 31.8. The second-order valence-corrected chi connectivity index (χ2v) is 8.91. The predicted molar refractivity (Wildman–Crippen MR) is 103 cm³/mol. The fraction of sp³-hybridized carbons (Fsp3) is 0.591. The molecule has 0 saturated heterocycles. The second-order valence-electron chi connectivity index (χ2n) is 8.91. The highest BCUT2D eigenvalue weighted by molar-refractivity contribution is 5.97. The van der Waals surface area contributed by atoms with Gasteiger partial charge in [0, 0.05) is 11.1 Å². The smallest absolute Gasteiger partial charge is 0.246 e. The molecule has 5 heteroatoms. The van der Waals surface area contributed by atoms with E-state index in [9.17, 15) is 9.59 Å². The Morgan fingerprint density at radius 1 is 1.11 bits per heavy atom. The predicted octanol–water partition coefficient (Wildman–Crippen LogP) is 3.41. The molecule has 4 saturated carbocycles. The van der Waals surface area contributed by atoms with Crippen molar-refractivity contribution in [2.75, 3.05) is 5.32 Å². The van der Waals surface area contributed by atoms with E-state index in [1.165, 1.54) is 19.3 Å². The van der Waals surface area contributed by atoms with E-state index in [-0.39, 0.29) is 17.2 Å². The average molecular weight is 365 g/mol. The zero-order valence-corrected chi connectivity index (χ0v) is 15.8. The van der Waals surface area contributed by atoms with E-state index in [0.717, 1.165) is 24.8 Å². The molecule has 0 heterocycles. The van der Waals surface area contributed by atoms with E-state index in [0.29, 0.717) is 29.9 Å². The summed E-state index contributed by atoms with van der Waals surface area (Å²) in [5, 5.41) is 14.6. The molecule has 0 aromatic heterocycles. The standard InChI is InChI=1S/C22H27N3O2/c1-14(20(26)25-19-4-2-15(3-5-19)6-7-23)24-21(27)22-11-16-8-17(12-22)10-18(9-16)13-22/h2-5,14,16-18H,6,8-13H2,1H3,(H,24,27)(H,25,26)/t14-,16?,17?,18?,22?/m0/s1. The lowest BCUT2D eigenvalue weighted by Gasteiger charge is -2.55. The molecule has 4 aliphatic carbocycles. The average Bonchev–Trinajstić information content (AvgIpc) is 2.62. The molecule has 4 bridgehead atoms. The number of rotatable bonds is 5. The van der Waals surface area contributed by atoms with Crippen LogP contribution in [0, 0.1) is 34.5 Å². The molecule has 27 heavy (non-hydrogen) atoms. The third-order valence-corrected chi connectivity index (χ3v) is 6.77. The molecule has 1 aromatic carbocycles. The lowest BCUT2D eigenvalue weighted by molar-refractivity contribution is -0.147. The van der Waals surface area contributed by atoms with Crippen molar-refractivity contribution in [2.45, 2.75) is 57.9 Å². The summed E-state index contributed by atoms with van der Waals surface area (Å²) in [6.07, 6.45) is 7.24. The highest BCUT2D eigenvalue weighted by Crippen LogP contribution is 2.60. The third-order valence-electron chi connectivity index (χ3n) is 6.77. The lowest BCUT2D eigenvalue weighted by Crippen LogP contribution is -2.56. The van der Waals surface area contributed by atoms with E-state index in [2.05, 4.69) is 16.7 Å². The zero-order chi connectivity index (χ0) is 19.0. The number of carbonyl (C=O) groups excluding carboxylic acids is 2. The number of nitriles is 1. The van der Waals surface area contributed by atoms with E-state index in [4.69, 9.17) is 5.26 Å². The fourth-order valence-corrected chi connectivity index (χ4v) is 5.85. The Hall–Kier alpha value is -2.35. The number of anilines is 1. The van der Waals surface area contributed by atoms with Crippen LogP contribution >= 0.6 is 0 Å². The molecular formula is C22H27N3O2. The molecule has 4 aliphatic rings. The Morgan fingerprint density at radius 3 is 2.19 bits per heavy atom. The van der Waals surface area contributed by atoms with E-state index in [1.807, 2.05) is 12.1 Å². The van der Waals surface area contributed by atoms with Crippen molar-refractivity contribution < 1.29 is 9.59 Å². The molecule has 0 unspecified atom stereocenters. The Morgan fingerprint density at radius 2 is 1.67 bits per heavy atom. The summed E-state index contributed by atoms with van der Waals surface area (Å²) in [4.78, 5) is 25.6. The lowest BCUT2D eigenvalue weighted by atomic mass is 9.49. The number of carbonyl (C=O) groups is 2. The summed E-state index contributed by atoms with van der Waals surface area (Å²) in [6.45, 7) is 1.75. The van der Waals surface area contributed by atoms with Crippen LogP contribution in [-0.2, 0) is 16.0 Å². The van der Waals surface area contributed by atoms with Crippen molar-refractivity contribution >= 4 is 17.5 Å². The molecule has 5 rings (SSSR count). The van der Waals surface area contributed by atoms with Crippen LogP contribution in [0.4, 0.5) is 5.69 Å². The largest absolute Gasteiger partial charge is 0.344 e. The number of hydrogen-bond acceptors (Lipinski definition) is 3. The molecular weight excluding hydrogens is 338 g/mol.